The molecule has 0 unspecified atom stereocenters. The van der Waals surface area contributed by atoms with Crippen LogP contribution in [0.25, 0.3) is 0 Å². The third-order valence-electron chi connectivity index (χ3n) is 1.30. The van der Waals surface area contributed by atoms with Crippen molar-refractivity contribution >= 4 is 31.9 Å². The van der Waals surface area contributed by atoms with Crippen LogP contribution in [0, 0.1) is 0 Å². The maximum absolute atomic E-state index is 3.68. The summed E-state index contributed by atoms with van der Waals surface area (Å²) in [5.41, 5.74) is 1.27. The van der Waals surface area contributed by atoms with Crippen LogP contribution in [-0.4, -0.2) is 0 Å². The van der Waals surface area contributed by atoms with Crippen molar-refractivity contribution in [1.29, 1.82) is 0 Å². The van der Waals surface area contributed by atoms with E-state index in [1.165, 1.54) is 5.56 Å². The molecule has 1 rings (SSSR count). The van der Waals surface area contributed by atoms with E-state index < -0.39 is 0 Å². The van der Waals surface area contributed by atoms with Gasteiger partial charge in [-0.25, -0.2) is 0 Å². The van der Waals surface area contributed by atoms with Crippen molar-refractivity contribution in [3.63, 3.8) is 0 Å². The fourth-order valence-electron chi connectivity index (χ4n) is 0.895. The molecule has 0 aliphatic carbocycles. The molecule has 0 nitrogen and oxygen atoms in total. The van der Waals surface area contributed by atoms with E-state index in [9.17, 15) is 0 Å². The first-order valence-electron chi connectivity index (χ1n) is 3.28. The van der Waals surface area contributed by atoms with Gasteiger partial charge in [0.15, 0.2) is 0 Å². The lowest BCUT2D eigenvalue weighted by molar-refractivity contribution is 1.26. The minimum atomic E-state index is 0.915. The SMILES string of the molecule is C=CCc1cc(Br)cc(Br)c1. The van der Waals surface area contributed by atoms with E-state index in [-0.39, 0.29) is 0 Å². The lowest BCUT2D eigenvalue weighted by atomic mass is 10.2. The number of rotatable bonds is 2. The zero-order valence-corrected chi connectivity index (χ0v) is 9.15. The van der Waals surface area contributed by atoms with Gasteiger partial charge in [0.1, 0.15) is 0 Å². The van der Waals surface area contributed by atoms with Gasteiger partial charge in [0.05, 0.1) is 0 Å². The normalized spacial score (nSPS) is 9.64. The zero-order chi connectivity index (χ0) is 8.27. The van der Waals surface area contributed by atoms with E-state index in [1.54, 1.807) is 0 Å². The lowest BCUT2D eigenvalue weighted by Gasteiger charge is -1.98. The van der Waals surface area contributed by atoms with E-state index in [0.717, 1.165) is 15.4 Å². The average Bonchev–Trinajstić information content (AvgIpc) is 1.85. The molecule has 0 spiro atoms. The van der Waals surface area contributed by atoms with E-state index in [0.29, 0.717) is 0 Å². The van der Waals surface area contributed by atoms with Crippen LogP contribution in [0.2, 0.25) is 0 Å². The summed E-state index contributed by atoms with van der Waals surface area (Å²) >= 11 is 6.84. The summed E-state index contributed by atoms with van der Waals surface area (Å²) in [6, 6.07) is 6.20. The van der Waals surface area contributed by atoms with Crippen LogP contribution in [0.5, 0.6) is 0 Å². The van der Waals surface area contributed by atoms with Gasteiger partial charge in [0.25, 0.3) is 0 Å². The van der Waals surface area contributed by atoms with Crippen molar-refractivity contribution in [2.45, 2.75) is 6.42 Å². The van der Waals surface area contributed by atoms with Gasteiger partial charge in [0.2, 0.25) is 0 Å². The van der Waals surface area contributed by atoms with Crippen LogP contribution in [0.15, 0.2) is 39.8 Å². The molecule has 0 atom stereocenters. The minimum Gasteiger partial charge on any atom is -0.103 e. The van der Waals surface area contributed by atoms with E-state index in [4.69, 9.17) is 0 Å². The number of halogens is 2. The Morgan fingerprint density at radius 3 is 2.18 bits per heavy atom. The van der Waals surface area contributed by atoms with Crippen molar-refractivity contribution in [2.75, 3.05) is 0 Å². The summed E-state index contributed by atoms with van der Waals surface area (Å²) in [4.78, 5) is 0. The summed E-state index contributed by atoms with van der Waals surface area (Å²) in [6.45, 7) is 3.68. The van der Waals surface area contributed by atoms with Gasteiger partial charge in [-0.2, -0.15) is 0 Å². The Balaban J connectivity index is 2.98. The lowest BCUT2D eigenvalue weighted by Crippen LogP contribution is -1.80. The Labute approximate surface area is 83.6 Å². The van der Waals surface area contributed by atoms with Crippen LogP contribution in [-0.2, 0) is 6.42 Å². The zero-order valence-electron chi connectivity index (χ0n) is 5.98. The van der Waals surface area contributed by atoms with Gasteiger partial charge in [-0.05, 0) is 30.2 Å². The van der Waals surface area contributed by atoms with Crippen LogP contribution in [0.4, 0.5) is 0 Å². The first kappa shape index (κ1) is 9.01. The van der Waals surface area contributed by atoms with Crippen LogP contribution in [0.1, 0.15) is 5.56 Å². The van der Waals surface area contributed by atoms with Crippen molar-refractivity contribution in [1.82, 2.24) is 0 Å². The van der Waals surface area contributed by atoms with Crippen molar-refractivity contribution in [3.05, 3.63) is 45.4 Å². The first-order chi connectivity index (χ1) is 5.22. The third kappa shape index (κ3) is 2.80. The molecule has 2 heteroatoms. The van der Waals surface area contributed by atoms with Crippen LogP contribution >= 0.6 is 31.9 Å². The smallest absolute Gasteiger partial charge is 0.0189 e. The standard InChI is InChI=1S/C9H8Br2/c1-2-3-7-4-8(10)6-9(11)5-7/h2,4-6H,1,3H2. The van der Waals surface area contributed by atoms with Gasteiger partial charge >= 0.3 is 0 Å². The van der Waals surface area contributed by atoms with Crippen LogP contribution < -0.4 is 0 Å². The molecule has 0 fully saturated rings. The average molecular weight is 276 g/mol. The number of hydrogen-bond acceptors (Lipinski definition) is 0. The molecule has 0 aliphatic rings. The summed E-state index contributed by atoms with van der Waals surface area (Å²) < 4.78 is 2.20. The predicted octanol–water partition coefficient (Wildman–Crippen LogP) is 3.94. The molecule has 0 aromatic heterocycles. The van der Waals surface area contributed by atoms with Gasteiger partial charge in [-0.1, -0.05) is 37.9 Å². The third-order valence-corrected chi connectivity index (χ3v) is 2.22. The highest BCUT2D eigenvalue weighted by molar-refractivity contribution is 9.11. The monoisotopic (exact) mass is 274 g/mol. The molecular weight excluding hydrogens is 268 g/mol. The molecule has 0 heterocycles. The minimum absolute atomic E-state index is 0.915. The maximum atomic E-state index is 3.68. The molecule has 58 valence electrons. The van der Waals surface area contributed by atoms with E-state index in [1.807, 2.05) is 12.1 Å². The fourth-order valence-corrected chi connectivity index (χ4v) is 2.28. The Bertz CT molecular complexity index is 246. The second-order valence-corrected chi connectivity index (χ2v) is 4.10. The Kier molecular flexibility index (Phi) is 3.34. The molecule has 1 aromatic rings. The summed E-state index contributed by atoms with van der Waals surface area (Å²) in [6.07, 6.45) is 2.81. The highest BCUT2D eigenvalue weighted by atomic mass is 79.9. The fraction of sp³-hybridized carbons (Fsp3) is 0.111. The van der Waals surface area contributed by atoms with Crippen LogP contribution in [0.3, 0.4) is 0 Å². The quantitative estimate of drug-likeness (QED) is 0.718. The van der Waals surface area contributed by atoms with Gasteiger partial charge in [0, 0.05) is 8.95 Å². The Morgan fingerprint density at radius 1 is 1.18 bits per heavy atom. The Hall–Kier alpha value is -0.0800. The highest BCUT2D eigenvalue weighted by Crippen LogP contribution is 2.20. The topological polar surface area (TPSA) is 0 Å². The van der Waals surface area contributed by atoms with Crippen molar-refractivity contribution in [3.8, 4) is 0 Å². The molecule has 0 N–H and O–H groups in total. The molecule has 0 saturated heterocycles. The van der Waals surface area contributed by atoms with E-state index >= 15 is 0 Å². The largest absolute Gasteiger partial charge is 0.103 e. The first-order valence-corrected chi connectivity index (χ1v) is 4.87. The Morgan fingerprint density at radius 2 is 1.73 bits per heavy atom. The van der Waals surface area contributed by atoms with Gasteiger partial charge in [-0.3, -0.25) is 0 Å². The summed E-state index contributed by atoms with van der Waals surface area (Å²) in [5, 5.41) is 0. The molecule has 0 saturated carbocycles. The number of benzene rings is 1. The highest BCUT2D eigenvalue weighted by Gasteiger charge is 1.94. The molecule has 0 amide bonds. The second-order valence-electron chi connectivity index (χ2n) is 2.27. The molecule has 11 heavy (non-hydrogen) atoms. The summed E-state index contributed by atoms with van der Waals surface area (Å²) in [7, 11) is 0. The molecule has 0 radical (unpaired) electrons. The number of allylic oxidation sites excluding steroid dienone is 1. The summed E-state index contributed by atoms with van der Waals surface area (Å²) in [5.74, 6) is 0. The molecule has 0 aliphatic heterocycles. The molecular formula is C9H8Br2. The number of hydrogen-bond donors (Lipinski definition) is 0. The van der Waals surface area contributed by atoms with Gasteiger partial charge < -0.3 is 0 Å². The predicted molar refractivity (Wildman–Crippen MR) is 55.7 cm³/mol. The molecule has 1 aromatic carbocycles. The molecule has 0 bridgehead atoms. The van der Waals surface area contributed by atoms with Crippen molar-refractivity contribution < 1.29 is 0 Å². The second kappa shape index (κ2) is 4.07. The maximum Gasteiger partial charge on any atom is 0.0189 e. The van der Waals surface area contributed by atoms with Gasteiger partial charge in [-0.15, -0.1) is 6.58 Å². The van der Waals surface area contributed by atoms with Crippen molar-refractivity contribution in [2.24, 2.45) is 0 Å². The van der Waals surface area contributed by atoms with E-state index in [2.05, 4.69) is 50.6 Å².